The second-order valence-corrected chi connectivity index (χ2v) is 16.4. The largest absolute Gasteiger partial charge is 0.508 e. The summed E-state index contributed by atoms with van der Waals surface area (Å²) in [6.07, 6.45) is 20.8. The molecule has 2 heterocycles. The average Bonchev–Trinajstić information content (AvgIpc) is 3.87. The Balaban J connectivity index is 1.05. The Bertz CT molecular complexity index is 1430. The number of amides is 1. The molecule has 1 N–H and O–H groups in total. The normalized spacial score (nSPS) is 29.3. The maximum atomic E-state index is 14.4. The highest BCUT2D eigenvalue weighted by Gasteiger charge is 2.67. The molecule has 0 radical (unpaired) electrons. The van der Waals surface area contributed by atoms with Gasteiger partial charge in [-0.2, -0.15) is 0 Å². The highest BCUT2D eigenvalue weighted by Crippen LogP contribution is 2.66. The first-order valence-corrected chi connectivity index (χ1v) is 19.7. The lowest BCUT2D eigenvalue weighted by Gasteiger charge is -2.60. The van der Waals surface area contributed by atoms with Crippen LogP contribution in [0.2, 0.25) is 0 Å². The molecule has 4 aliphatic carbocycles. The SMILES string of the molecule is COc1cc(O)c2c3c1O[C@H]1[C@H](N(CCCCc4ccccc4)C(=O)CCCCC4CCCCC4)CC[C@H]4[C@@H](C2)N(CC2CC2)CC[C@@]341. The Labute approximate surface area is 288 Å². The highest BCUT2D eigenvalue weighted by atomic mass is 16.5. The first-order valence-electron chi connectivity index (χ1n) is 19.7. The number of phenols is 1. The fourth-order valence-corrected chi connectivity index (χ4v) is 11.0. The van der Waals surface area contributed by atoms with E-state index in [0.29, 0.717) is 35.8 Å². The number of nitrogens with zero attached hydrogens (tertiary/aromatic N) is 2. The van der Waals surface area contributed by atoms with Crippen LogP contribution in [0.4, 0.5) is 0 Å². The average molecular weight is 655 g/mol. The molecule has 1 spiro atoms. The number of aryl methyl sites for hydroxylation is 1. The van der Waals surface area contributed by atoms with Crippen LogP contribution >= 0.6 is 0 Å². The molecule has 2 bridgehead atoms. The molecule has 6 aliphatic rings. The summed E-state index contributed by atoms with van der Waals surface area (Å²) in [5, 5.41) is 11.4. The molecule has 2 aromatic rings. The lowest BCUT2D eigenvalue weighted by molar-refractivity contribution is -0.143. The van der Waals surface area contributed by atoms with Crippen molar-refractivity contribution in [2.24, 2.45) is 17.8 Å². The van der Waals surface area contributed by atoms with Crippen molar-refractivity contribution >= 4 is 5.91 Å². The third-order valence-electron chi connectivity index (χ3n) is 13.6. The van der Waals surface area contributed by atoms with Crippen LogP contribution in [-0.2, 0) is 23.1 Å². The van der Waals surface area contributed by atoms with Gasteiger partial charge in [0.05, 0.1) is 13.2 Å². The number of methoxy groups -OCH3 is 1. The monoisotopic (exact) mass is 654 g/mol. The van der Waals surface area contributed by atoms with Crippen molar-refractivity contribution in [3.63, 3.8) is 0 Å². The molecule has 3 saturated carbocycles. The Morgan fingerprint density at radius 1 is 1.00 bits per heavy atom. The van der Waals surface area contributed by atoms with E-state index in [2.05, 4.69) is 40.1 Å². The van der Waals surface area contributed by atoms with Gasteiger partial charge in [0, 0.05) is 48.2 Å². The summed E-state index contributed by atoms with van der Waals surface area (Å²) in [6.45, 7) is 3.06. The number of aromatic hydroxyl groups is 1. The van der Waals surface area contributed by atoms with Crippen molar-refractivity contribution in [2.75, 3.05) is 26.7 Å². The van der Waals surface area contributed by atoms with Gasteiger partial charge in [0.15, 0.2) is 11.5 Å². The zero-order chi connectivity index (χ0) is 32.7. The first kappa shape index (κ1) is 32.5. The Morgan fingerprint density at radius 2 is 1.83 bits per heavy atom. The van der Waals surface area contributed by atoms with Crippen LogP contribution in [0.3, 0.4) is 0 Å². The van der Waals surface area contributed by atoms with Gasteiger partial charge in [-0.15, -0.1) is 0 Å². The molecular formula is C42H58N2O4. The molecule has 6 heteroatoms. The van der Waals surface area contributed by atoms with E-state index in [-0.39, 0.29) is 17.6 Å². The van der Waals surface area contributed by atoms with E-state index >= 15 is 0 Å². The van der Waals surface area contributed by atoms with Crippen LogP contribution < -0.4 is 9.47 Å². The summed E-state index contributed by atoms with van der Waals surface area (Å²) in [5.41, 5.74) is 3.51. The van der Waals surface area contributed by atoms with Crippen LogP contribution in [0.5, 0.6) is 17.2 Å². The van der Waals surface area contributed by atoms with Gasteiger partial charge in [0.25, 0.3) is 0 Å². The second kappa shape index (κ2) is 13.9. The van der Waals surface area contributed by atoms with E-state index in [1.54, 1.807) is 13.2 Å². The fourth-order valence-electron chi connectivity index (χ4n) is 11.0. The third-order valence-corrected chi connectivity index (χ3v) is 13.6. The lowest BCUT2D eigenvalue weighted by atomic mass is 9.50. The van der Waals surface area contributed by atoms with Gasteiger partial charge in [-0.1, -0.05) is 75.3 Å². The van der Waals surface area contributed by atoms with E-state index in [4.69, 9.17) is 9.47 Å². The minimum absolute atomic E-state index is 0.0460. The predicted molar refractivity (Wildman–Crippen MR) is 190 cm³/mol. The van der Waals surface area contributed by atoms with Gasteiger partial charge in [-0.05, 0) is 94.1 Å². The number of benzene rings is 2. The molecule has 260 valence electrons. The molecule has 48 heavy (non-hydrogen) atoms. The Hall–Kier alpha value is -2.73. The first-order chi connectivity index (χ1) is 23.6. The van der Waals surface area contributed by atoms with E-state index in [0.717, 1.165) is 87.6 Å². The molecular weight excluding hydrogens is 596 g/mol. The number of phenolic OH excluding ortho intramolecular Hbond substituents is 1. The molecule has 6 nitrogen and oxygen atoms in total. The van der Waals surface area contributed by atoms with Gasteiger partial charge in [-0.3, -0.25) is 9.69 Å². The number of carbonyl (C=O) groups excluding carboxylic acids is 1. The van der Waals surface area contributed by atoms with Crippen molar-refractivity contribution in [2.45, 2.75) is 139 Å². The summed E-state index contributed by atoms with van der Waals surface area (Å²) in [4.78, 5) is 19.5. The Morgan fingerprint density at radius 3 is 2.62 bits per heavy atom. The van der Waals surface area contributed by atoms with Crippen LogP contribution in [0.1, 0.15) is 119 Å². The quantitative estimate of drug-likeness (QED) is 0.208. The van der Waals surface area contributed by atoms with Crippen LogP contribution in [0, 0.1) is 17.8 Å². The zero-order valence-electron chi connectivity index (χ0n) is 29.3. The predicted octanol–water partition coefficient (Wildman–Crippen LogP) is 8.21. The highest BCUT2D eigenvalue weighted by molar-refractivity contribution is 5.77. The number of likely N-dealkylation sites (tertiary alicyclic amines) is 1. The Kier molecular flexibility index (Phi) is 9.39. The van der Waals surface area contributed by atoms with Gasteiger partial charge >= 0.3 is 0 Å². The standard InChI is InChI=1S/C42H58N2O4/c1-47-37-27-36(45)32-26-35-33-21-22-34(41-42(33,39(32)40(37)48-41)23-25-43(35)28-31-19-20-31)44(24-11-10-17-30-14-6-3-7-15-30)38(46)18-9-8-16-29-12-4-2-5-13-29/h3,6-7,14-15,27,29,31,33-35,41,45H,2,4-5,8-13,16-26,28H2,1H3/t33-,34+,35+,41-,42-/m0/s1. The number of piperidine rings is 1. The minimum atomic E-state index is -0.174. The summed E-state index contributed by atoms with van der Waals surface area (Å²) in [6, 6.07) is 13.0. The van der Waals surface area contributed by atoms with Crippen LogP contribution in [0.25, 0.3) is 0 Å². The molecule has 1 saturated heterocycles. The van der Waals surface area contributed by atoms with Crippen molar-refractivity contribution in [3.8, 4) is 17.2 Å². The summed E-state index contributed by atoms with van der Waals surface area (Å²) >= 11 is 0. The molecule has 5 atom stereocenters. The molecule has 0 unspecified atom stereocenters. The number of carbonyl (C=O) groups is 1. The zero-order valence-corrected chi connectivity index (χ0v) is 29.3. The van der Waals surface area contributed by atoms with Crippen molar-refractivity contribution in [1.82, 2.24) is 9.80 Å². The van der Waals surface area contributed by atoms with Crippen molar-refractivity contribution in [3.05, 3.63) is 53.1 Å². The third kappa shape index (κ3) is 6.03. The van der Waals surface area contributed by atoms with Gasteiger partial charge < -0.3 is 19.5 Å². The molecule has 4 fully saturated rings. The fraction of sp³-hybridized carbons (Fsp3) is 0.690. The lowest BCUT2D eigenvalue weighted by Crippen LogP contribution is -2.69. The van der Waals surface area contributed by atoms with Crippen molar-refractivity contribution < 1.29 is 19.4 Å². The molecule has 2 aromatic carbocycles. The molecule has 1 amide bonds. The maximum Gasteiger partial charge on any atom is 0.222 e. The van der Waals surface area contributed by atoms with Gasteiger partial charge in [0.1, 0.15) is 11.9 Å². The molecule has 0 aromatic heterocycles. The number of unbranched alkanes of at least 4 members (excludes halogenated alkanes) is 2. The number of ether oxygens (including phenoxy) is 2. The van der Waals surface area contributed by atoms with Gasteiger partial charge in [0.2, 0.25) is 5.91 Å². The summed E-state index contributed by atoms with van der Waals surface area (Å²) < 4.78 is 13.0. The summed E-state index contributed by atoms with van der Waals surface area (Å²) in [5.74, 6) is 4.38. The molecule has 8 rings (SSSR count). The maximum absolute atomic E-state index is 14.4. The number of rotatable bonds is 14. The second-order valence-electron chi connectivity index (χ2n) is 16.4. The van der Waals surface area contributed by atoms with Crippen LogP contribution in [-0.4, -0.2) is 65.7 Å². The summed E-state index contributed by atoms with van der Waals surface area (Å²) in [7, 11) is 1.69. The topological polar surface area (TPSA) is 62.2 Å². The van der Waals surface area contributed by atoms with E-state index in [9.17, 15) is 9.90 Å². The number of hydrogen-bond donors (Lipinski definition) is 1. The minimum Gasteiger partial charge on any atom is -0.508 e. The van der Waals surface area contributed by atoms with Crippen molar-refractivity contribution in [1.29, 1.82) is 0 Å². The van der Waals surface area contributed by atoms with E-state index < -0.39 is 0 Å². The van der Waals surface area contributed by atoms with E-state index in [1.807, 2.05) is 0 Å². The van der Waals surface area contributed by atoms with E-state index in [1.165, 1.54) is 75.5 Å². The molecule has 2 aliphatic heterocycles. The van der Waals surface area contributed by atoms with Crippen LogP contribution in [0.15, 0.2) is 36.4 Å². The smallest absolute Gasteiger partial charge is 0.222 e. The number of hydrogen-bond acceptors (Lipinski definition) is 5. The van der Waals surface area contributed by atoms with Gasteiger partial charge in [-0.25, -0.2) is 0 Å².